The molecule has 5 heterocycles. The fourth-order valence-electron chi connectivity index (χ4n) is 16.5. The Morgan fingerprint density at radius 2 is 0.902 bits per heavy atom. The number of nitrogens with zero attached hydrogens (tertiary/aromatic N) is 8. The van der Waals surface area contributed by atoms with Gasteiger partial charge in [0.25, 0.3) is 11.8 Å². The van der Waals surface area contributed by atoms with Crippen LogP contribution in [0.15, 0.2) is 159 Å². The molecule has 3 amide bonds. The van der Waals surface area contributed by atoms with Gasteiger partial charge in [-0.3, -0.25) is 14.4 Å². The molecule has 3 atom stereocenters. The first kappa shape index (κ1) is 94.3. The molecule has 0 bridgehead atoms. The van der Waals surface area contributed by atoms with Gasteiger partial charge in [-0.2, -0.15) is 9.97 Å². The summed E-state index contributed by atoms with van der Waals surface area (Å²) in [5, 5.41) is 48.3. The zero-order chi connectivity index (χ0) is 89.2. The Kier molecular flexibility index (Phi) is 30.9. The van der Waals surface area contributed by atoms with Crippen molar-refractivity contribution in [3.05, 3.63) is 195 Å². The molecule has 3 aliphatic carbocycles. The van der Waals surface area contributed by atoms with Gasteiger partial charge in [-0.25, -0.2) is 9.59 Å². The summed E-state index contributed by atoms with van der Waals surface area (Å²) in [7, 11) is -0.454. The van der Waals surface area contributed by atoms with Gasteiger partial charge in [0, 0.05) is 103 Å². The van der Waals surface area contributed by atoms with E-state index in [0.29, 0.717) is 97.8 Å². The molecule has 9 aromatic rings. The number of benzene rings is 7. The number of β-amino-alcohol motifs (C(OH)–C–C–N with tert-alkyl or cyclic N) is 2. The van der Waals surface area contributed by atoms with Crippen LogP contribution in [0.1, 0.15) is 174 Å². The molecule has 6 aliphatic rings. The van der Waals surface area contributed by atoms with Crippen LogP contribution in [0.3, 0.4) is 0 Å². The first-order valence-corrected chi connectivity index (χ1v) is 47.3. The zero-order valence-electron chi connectivity index (χ0n) is 71.9. The highest BCUT2D eigenvalue weighted by atomic mass is 79.9. The maximum atomic E-state index is 12.8. The van der Waals surface area contributed by atoms with Crippen LogP contribution in [0, 0.1) is 0 Å². The van der Waals surface area contributed by atoms with Gasteiger partial charge in [0.05, 0.1) is 80.4 Å². The predicted molar refractivity (Wildman–Crippen MR) is 485 cm³/mol. The highest BCUT2D eigenvalue weighted by molar-refractivity contribution is 9.11. The van der Waals surface area contributed by atoms with Crippen LogP contribution in [0.5, 0.6) is 23.0 Å². The summed E-state index contributed by atoms with van der Waals surface area (Å²) in [6, 6.07) is 39.4. The summed E-state index contributed by atoms with van der Waals surface area (Å²) < 4.78 is 47.7. The number of oxime groups is 1. The average molecular weight is 1960 g/mol. The molecule has 3 spiro atoms. The Bertz CT molecular complexity index is 5170. The number of aliphatic hydroxyl groups is 2. The molecule has 0 radical (unpaired) electrons. The monoisotopic (exact) mass is 1960 g/mol. The summed E-state index contributed by atoms with van der Waals surface area (Å²) in [4.78, 5) is 74.5. The highest BCUT2D eigenvalue weighted by Gasteiger charge is 2.52. The number of esters is 1. The van der Waals surface area contributed by atoms with Gasteiger partial charge in [-0.15, -0.1) is 0 Å². The van der Waals surface area contributed by atoms with Crippen molar-refractivity contribution < 1.29 is 81.7 Å². The number of aromatic nitrogens is 4. The van der Waals surface area contributed by atoms with E-state index >= 15 is 0 Å². The van der Waals surface area contributed by atoms with E-state index < -0.39 is 14.3 Å². The Morgan fingerprint density at radius 3 is 1.27 bits per heavy atom. The topological polar surface area (TPSA) is 348 Å². The van der Waals surface area contributed by atoms with Crippen LogP contribution in [0.25, 0.3) is 45.7 Å². The number of methoxy groups -OCH3 is 1. The fraction of sp³-hybridized carbons (Fsp3) is 0.435. The van der Waals surface area contributed by atoms with E-state index in [4.69, 9.17) is 48.5 Å². The van der Waals surface area contributed by atoms with Gasteiger partial charge in [0.2, 0.25) is 29.4 Å². The SMILES string of the molecule is CC(C)(C)[Si](C)(C)OCCN1CC2(CCc3c(C(N)=NO)cccc32)CC1=O.CC(C)Oc1ccc(-c2nc(-c3cccc4c3CCC43CC(=O)N(CCO)C3)no2)cc1Br.CC(C)Oc1ccc(-c2nc(-c3cccc4c3CCC43CC(=O)N(CCO)C3)no2)cc1Br.CC(C)Oc1ccc(C(=O)O)cc1Br.COC(=O)c1ccc(OC(C)C)c(Br)c1. The van der Waals surface area contributed by atoms with Gasteiger partial charge < -0.3 is 78.1 Å². The summed E-state index contributed by atoms with van der Waals surface area (Å²) in [5.74, 6) is 4.15. The van der Waals surface area contributed by atoms with Crippen molar-refractivity contribution in [2.24, 2.45) is 10.9 Å². The molecule has 15 rings (SSSR count). The smallest absolute Gasteiger partial charge is 0.337 e. The van der Waals surface area contributed by atoms with Crippen LogP contribution in [-0.4, -0.2) is 190 Å². The third-order valence-corrected chi connectivity index (χ3v) is 30.3. The summed E-state index contributed by atoms with van der Waals surface area (Å²) in [6.45, 7) is 30.8. The highest BCUT2D eigenvalue weighted by Crippen LogP contribution is 2.52. The Morgan fingerprint density at radius 1 is 0.537 bits per heavy atom. The normalized spacial score (nSPS) is 18.2. The molecule has 3 saturated heterocycles. The second-order valence-corrected chi connectivity index (χ2v) is 42.5. The Labute approximate surface area is 752 Å². The number of nitrogens with two attached hydrogens (primary N) is 1. The third kappa shape index (κ3) is 22.0. The maximum Gasteiger partial charge on any atom is 0.337 e. The standard InChI is InChI=1S/2C25H26BrN3O4.C21H33N3O3Si.C11H13BrO3.C10H11BrO3/c2*1-15(2)32-21-7-6-16(12-20(21)26)24-27-23(28-33-24)18-4-3-5-19-17(18)8-9-25(19)13-22(31)29(14-25)10-11-30;1-20(2,3)28(4,5)27-12-11-24-14-21(13-18(24)25)10-9-15-16(19(22)23-26)7-6-8-17(15)21;1-7(2)15-10-5-4-8(6-9(10)12)11(13)14-3;1-6(2)14-9-4-3-7(10(12)13)5-8(9)11/h2*3-7,12,15,30H,8-11,13-14H2,1-2H3;6-8,26H,9-14H2,1-5H3,(H2,22,23);4-7H,1-3H3;3-6H,1-2H3,(H,12,13). The summed E-state index contributed by atoms with van der Waals surface area (Å²) in [5.41, 5.74) is 17.4. The molecule has 3 fully saturated rings. The number of rotatable bonds is 23. The fourth-order valence-corrected chi connectivity index (χ4v) is 19.4. The zero-order valence-corrected chi connectivity index (χ0v) is 79.3. The Hall–Kier alpha value is -9.34. The molecular formula is C92H109Br4N9O17Si. The number of carbonyl (C=O) groups excluding carboxylic acids is 4. The molecule has 0 saturated carbocycles. The van der Waals surface area contributed by atoms with Crippen molar-refractivity contribution in [3.8, 4) is 68.7 Å². The molecule has 656 valence electrons. The number of amidine groups is 1. The number of aliphatic hydroxyl groups excluding tert-OH is 2. The number of hydrogen-bond acceptors (Lipinski definition) is 21. The first-order chi connectivity index (χ1) is 58.3. The number of hydrogen-bond donors (Lipinski definition) is 5. The quantitative estimate of drug-likeness (QED) is 0.00991. The number of ether oxygens (including phenoxy) is 5. The number of carbonyl (C=O) groups is 5. The first-order valence-electron chi connectivity index (χ1n) is 41.2. The van der Waals surface area contributed by atoms with Gasteiger partial charge in [0.15, 0.2) is 14.2 Å². The van der Waals surface area contributed by atoms with Crippen LogP contribution in [-0.2, 0) is 59.1 Å². The van der Waals surface area contributed by atoms with Gasteiger partial charge >= 0.3 is 11.9 Å². The minimum Gasteiger partial charge on any atom is -0.490 e. The third-order valence-electron chi connectivity index (χ3n) is 23.2. The van der Waals surface area contributed by atoms with E-state index in [2.05, 4.69) is 146 Å². The largest absolute Gasteiger partial charge is 0.490 e. The molecular weight excluding hydrogens is 1850 g/mol. The number of carboxylic acids is 1. The molecule has 26 nitrogen and oxygen atoms in total. The van der Waals surface area contributed by atoms with Crippen molar-refractivity contribution in [2.75, 3.05) is 66.2 Å². The molecule has 6 N–H and O–H groups in total. The summed E-state index contributed by atoms with van der Waals surface area (Å²) in [6.07, 6.45) is 7.14. The molecule has 3 unspecified atom stereocenters. The van der Waals surface area contributed by atoms with E-state index in [1.54, 1.807) is 34.1 Å². The molecule has 3 aliphatic heterocycles. The van der Waals surface area contributed by atoms with E-state index in [1.165, 1.54) is 47.1 Å². The van der Waals surface area contributed by atoms with Crippen molar-refractivity contribution in [1.29, 1.82) is 0 Å². The van der Waals surface area contributed by atoms with Crippen LogP contribution >= 0.6 is 63.7 Å². The van der Waals surface area contributed by atoms with Crippen LogP contribution < -0.4 is 24.7 Å². The van der Waals surface area contributed by atoms with Gasteiger partial charge in [-0.05, 0) is 282 Å². The lowest BCUT2D eigenvalue weighted by molar-refractivity contribution is -0.128. The number of likely N-dealkylation sites (tertiary alicyclic amines) is 3. The predicted octanol–water partition coefficient (Wildman–Crippen LogP) is 17.9. The van der Waals surface area contributed by atoms with E-state index in [1.807, 2.05) is 133 Å². The van der Waals surface area contributed by atoms with E-state index in [0.717, 1.165) is 109 Å². The number of aromatic carboxylic acids is 1. The van der Waals surface area contributed by atoms with Gasteiger partial charge in [0.1, 0.15) is 23.0 Å². The summed E-state index contributed by atoms with van der Waals surface area (Å²) >= 11 is 13.7. The lowest BCUT2D eigenvalue weighted by Crippen LogP contribution is -2.43. The van der Waals surface area contributed by atoms with Crippen LogP contribution in [0.2, 0.25) is 18.1 Å². The van der Waals surface area contributed by atoms with Crippen molar-refractivity contribution in [1.82, 2.24) is 35.0 Å². The number of carboxylic acid groups (broad SMARTS) is 1. The minimum atomic E-state index is -1.81. The minimum absolute atomic E-state index is 0.0129. The molecule has 7 aromatic carbocycles. The second kappa shape index (κ2) is 40.3. The lowest BCUT2D eigenvalue weighted by atomic mass is 9.80. The Balaban J connectivity index is 0.000000156. The van der Waals surface area contributed by atoms with Crippen molar-refractivity contribution in [2.45, 2.75) is 193 Å². The van der Waals surface area contributed by atoms with E-state index in [-0.39, 0.29) is 94.0 Å². The second-order valence-electron chi connectivity index (χ2n) is 34.2. The van der Waals surface area contributed by atoms with Crippen molar-refractivity contribution in [3.63, 3.8) is 0 Å². The van der Waals surface area contributed by atoms with Crippen molar-refractivity contribution >= 4 is 108 Å². The number of amides is 3. The number of fused-ring (bicyclic) bond motifs is 6. The molecule has 123 heavy (non-hydrogen) atoms. The number of halogens is 4. The molecule has 31 heteroatoms. The molecule has 2 aromatic heterocycles. The average Bonchev–Trinajstić information content (AvgIpc) is 1.59. The van der Waals surface area contributed by atoms with Crippen LogP contribution in [0.4, 0.5) is 0 Å². The maximum absolute atomic E-state index is 12.8. The lowest BCUT2D eigenvalue weighted by Gasteiger charge is -2.36. The van der Waals surface area contributed by atoms with Gasteiger partial charge in [-0.1, -0.05) is 90.8 Å². The van der Waals surface area contributed by atoms with E-state index in [9.17, 15) is 34.2 Å².